The Morgan fingerprint density at radius 1 is 1.08 bits per heavy atom. The number of halogens is 1. The first-order valence-electron chi connectivity index (χ1n) is 8.54. The van der Waals surface area contributed by atoms with Crippen LogP contribution in [-0.2, 0) is 0 Å². The van der Waals surface area contributed by atoms with Gasteiger partial charge in [-0.1, -0.05) is 66.4 Å². The van der Waals surface area contributed by atoms with E-state index in [1.165, 1.54) is 11.1 Å². The van der Waals surface area contributed by atoms with E-state index >= 15 is 0 Å². The highest BCUT2D eigenvalue weighted by Crippen LogP contribution is 2.31. The zero-order valence-corrected chi connectivity index (χ0v) is 14.7. The summed E-state index contributed by atoms with van der Waals surface area (Å²) in [6.45, 7) is 2.85. The van der Waals surface area contributed by atoms with Crippen LogP contribution in [0.15, 0.2) is 48.5 Å². The standard InChI is InChI=1S/C20H23ClN2O/c1-15-10-12-16(13-11-15)19-9-3-2-6-14-23(19)20(24)22-18-8-5-4-7-17(18)21/h4-5,7-8,10-13,19H,2-3,6,9,14H2,1H3,(H,22,24)/t19-/m1/s1. The summed E-state index contributed by atoms with van der Waals surface area (Å²) in [4.78, 5) is 14.8. The zero-order chi connectivity index (χ0) is 16.9. The molecule has 0 aliphatic carbocycles. The van der Waals surface area contributed by atoms with E-state index in [0.717, 1.165) is 32.2 Å². The van der Waals surface area contributed by atoms with Crippen LogP contribution in [-0.4, -0.2) is 17.5 Å². The lowest BCUT2D eigenvalue weighted by molar-refractivity contribution is 0.189. The Kier molecular flexibility index (Phi) is 5.41. The van der Waals surface area contributed by atoms with Gasteiger partial charge in [0, 0.05) is 6.54 Å². The molecular weight excluding hydrogens is 320 g/mol. The molecule has 0 bridgehead atoms. The van der Waals surface area contributed by atoms with Crippen LogP contribution in [0.4, 0.5) is 10.5 Å². The maximum Gasteiger partial charge on any atom is 0.322 e. The average Bonchev–Trinajstić information content (AvgIpc) is 2.84. The van der Waals surface area contributed by atoms with E-state index in [0.29, 0.717) is 10.7 Å². The average molecular weight is 343 g/mol. The first-order valence-corrected chi connectivity index (χ1v) is 8.91. The van der Waals surface area contributed by atoms with E-state index in [1.807, 2.05) is 23.1 Å². The SMILES string of the molecule is Cc1ccc([C@H]2CCCCCN2C(=O)Nc2ccccc2Cl)cc1. The Morgan fingerprint density at radius 2 is 1.83 bits per heavy atom. The molecule has 1 fully saturated rings. The van der Waals surface area contributed by atoms with E-state index in [2.05, 4.69) is 36.5 Å². The van der Waals surface area contributed by atoms with Crippen LogP contribution < -0.4 is 5.32 Å². The summed E-state index contributed by atoms with van der Waals surface area (Å²) in [6.07, 6.45) is 4.35. The van der Waals surface area contributed by atoms with Gasteiger partial charge in [0.05, 0.1) is 16.8 Å². The van der Waals surface area contributed by atoms with E-state index in [-0.39, 0.29) is 12.1 Å². The molecule has 2 aromatic carbocycles. The number of likely N-dealkylation sites (tertiary alicyclic amines) is 1. The quantitative estimate of drug-likeness (QED) is 0.735. The van der Waals surface area contributed by atoms with Crippen LogP contribution in [0.2, 0.25) is 5.02 Å². The summed E-state index contributed by atoms with van der Waals surface area (Å²) in [7, 11) is 0. The minimum atomic E-state index is -0.0735. The van der Waals surface area contributed by atoms with Crippen molar-refractivity contribution < 1.29 is 4.79 Å². The molecule has 2 amide bonds. The zero-order valence-electron chi connectivity index (χ0n) is 14.0. The van der Waals surface area contributed by atoms with E-state index in [1.54, 1.807) is 6.07 Å². The molecule has 126 valence electrons. The van der Waals surface area contributed by atoms with Gasteiger partial charge >= 0.3 is 6.03 Å². The fraction of sp³-hybridized carbons (Fsp3) is 0.350. The number of amides is 2. The van der Waals surface area contributed by atoms with Crippen LogP contribution in [0.1, 0.15) is 42.9 Å². The van der Waals surface area contributed by atoms with Crippen LogP contribution in [0, 0.1) is 6.92 Å². The molecule has 24 heavy (non-hydrogen) atoms. The largest absolute Gasteiger partial charge is 0.322 e. The number of anilines is 1. The monoisotopic (exact) mass is 342 g/mol. The van der Waals surface area contributed by atoms with Crippen molar-refractivity contribution in [3.05, 3.63) is 64.7 Å². The van der Waals surface area contributed by atoms with Crippen LogP contribution in [0.3, 0.4) is 0 Å². The van der Waals surface area contributed by atoms with E-state index in [9.17, 15) is 4.79 Å². The number of aryl methyl sites for hydroxylation is 1. The highest BCUT2D eigenvalue weighted by molar-refractivity contribution is 6.33. The van der Waals surface area contributed by atoms with E-state index < -0.39 is 0 Å². The summed E-state index contributed by atoms with van der Waals surface area (Å²) in [5.74, 6) is 0. The summed E-state index contributed by atoms with van der Waals surface area (Å²) in [5.41, 5.74) is 3.10. The van der Waals surface area contributed by atoms with Crippen molar-refractivity contribution in [2.24, 2.45) is 0 Å². The maximum atomic E-state index is 12.9. The first kappa shape index (κ1) is 16.8. The topological polar surface area (TPSA) is 32.3 Å². The third-order valence-electron chi connectivity index (χ3n) is 4.59. The van der Waals surface area contributed by atoms with Gasteiger partial charge in [-0.15, -0.1) is 0 Å². The first-order chi connectivity index (χ1) is 11.6. The lowest BCUT2D eigenvalue weighted by Gasteiger charge is -2.30. The molecule has 1 saturated heterocycles. The van der Waals surface area contributed by atoms with Crippen molar-refractivity contribution >= 4 is 23.3 Å². The third-order valence-corrected chi connectivity index (χ3v) is 4.92. The molecule has 0 spiro atoms. The molecule has 0 radical (unpaired) electrons. The molecular formula is C20H23ClN2O. The van der Waals surface area contributed by atoms with Gasteiger partial charge in [0.1, 0.15) is 0 Å². The Labute approximate surface area is 148 Å². The van der Waals surface area contributed by atoms with Crippen molar-refractivity contribution in [3.8, 4) is 0 Å². The molecule has 0 aromatic heterocycles. The number of nitrogens with one attached hydrogen (secondary N) is 1. The molecule has 2 aromatic rings. The second-order valence-electron chi connectivity index (χ2n) is 6.38. The number of carbonyl (C=O) groups is 1. The molecule has 3 rings (SSSR count). The molecule has 1 aliphatic rings. The Morgan fingerprint density at radius 3 is 2.58 bits per heavy atom. The third kappa shape index (κ3) is 3.90. The highest BCUT2D eigenvalue weighted by Gasteiger charge is 2.27. The lowest BCUT2D eigenvalue weighted by atomic mass is 10.00. The normalized spacial score (nSPS) is 18.1. The second kappa shape index (κ2) is 7.71. The van der Waals surface area contributed by atoms with Gasteiger partial charge in [-0.05, 0) is 37.5 Å². The Bertz CT molecular complexity index is 699. The van der Waals surface area contributed by atoms with Crippen molar-refractivity contribution in [2.75, 3.05) is 11.9 Å². The predicted octanol–water partition coefficient (Wildman–Crippen LogP) is 5.80. The fourth-order valence-corrected chi connectivity index (χ4v) is 3.42. The van der Waals surface area contributed by atoms with Gasteiger partial charge in [0.25, 0.3) is 0 Å². The number of rotatable bonds is 2. The van der Waals surface area contributed by atoms with Crippen LogP contribution in [0.25, 0.3) is 0 Å². The molecule has 3 nitrogen and oxygen atoms in total. The van der Waals surface area contributed by atoms with Crippen LogP contribution >= 0.6 is 11.6 Å². The minimum absolute atomic E-state index is 0.0735. The molecule has 4 heteroatoms. The number of benzene rings is 2. The fourth-order valence-electron chi connectivity index (χ4n) is 3.24. The highest BCUT2D eigenvalue weighted by atomic mass is 35.5. The number of para-hydroxylation sites is 1. The molecule has 0 unspecified atom stereocenters. The van der Waals surface area contributed by atoms with Gasteiger partial charge in [0.15, 0.2) is 0 Å². The lowest BCUT2D eigenvalue weighted by Crippen LogP contribution is -2.38. The van der Waals surface area contributed by atoms with Gasteiger partial charge in [-0.25, -0.2) is 4.79 Å². The van der Waals surface area contributed by atoms with Gasteiger partial charge in [-0.2, -0.15) is 0 Å². The summed E-state index contributed by atoms with van der Waals surface area (Å²) >= 11 is 6.18. The molecule has 0 saturated carbocycles. The number of urea groups is 1. The predicted molar refractivity (Wildman–Crippen MR) is 99.6 cm³/mol. The van der Waals surface area contributed by atoms with E-state index in [4.69, 9.17) is 11.6 Å². The molecule has 1 aliphatic heterocycles. The summed E-state index contributed by atoms with van der Waals surface area (Å²) in [5, 5.41) is 3.54. The van der Waals surface area contributed by atoms with Gasteiger partial charge in [0.2, 0.25) is 0 Å². The number of hydrogen-bond donors (Lipinski definition) is 1. The molecule has 1 atom stereocenters. The van der Waals surface area contributed by atoms with Crippen LogP contribution in [0.5, 0.6) is 0 Å². The van der Waals surface area contributed by atoms with Crippen molar-refractivity contribution in [1.82, 2.24) is 4.90 Å². The van der Waals surface area contributed by atoms with Crippen molar-refractivity contribution in [3.63, 3.8) is 0 Å². The second-order valence-corrected chi connectivity index (χ2v) is 6.79. The van der Waals surface area contributed by atoms with Crippen molar-refractivity contribution in [2.45, 2.75) is 38.6 Å². The van der Waals surface area contributed by atoms with Crippen molar-refractivity contribution in [1.29, 1.82) is 0 Å². The number of hydrogen-bond acceptors (Lipinski definition) is 1. The maximum absolute atomic E-state index is 12.9. The number of carbonyl (C=O) groups excluding carboxylic acids is 1. The Hall–Kier alpha value is -2.00. The minimum Gasteiger partial charge on any atom is -0.317 e. The molecule has 1 N–H and O–H groups in total. The summed E-state index contributed by atoms with van der Waals surface area (Å²) in [6, 6.07) is 15.9. The summed E-state index contributed by atoms with van der Waals surface area (Å²) < 4.78 is 0. The smallest absolute Gasteiger partial charge is 0.317 e. The Balaban J connectivity index is 1.82. The number of nitrogens with zero attached hydrogens (tertiary/aromatic N) is 1. The van der Waals surface area contributed by atoms with Gasteiger partial charge in [-0.3, -0.25) is 0 Å². The van der Waals surface area contributed by atoms with Gasteiger partial charge < -0.3 is 10.2 Å². The molecule has 1 heterocycles.